The predicted octanol–water partition coefficient (Wildman–Crippen LogP) is 3.05. The summed E-state index contributed by atoms with van der Waals surface area (Å²) in [6, 6.07) is 0. The Morgan fingerprint density at radius 2 is 1.58 bits per heavy atom. The monoisotopic (exact) mass is 169 g/mol. The Hall–Kier alpha value is -0.0400. The molecule has 0 saturated carbocycles. The van der Waals surface area contributed by atoms with E-state index in [-0.39, 0.29) is 0 Å². The number of nitrogens with zero attached hydrogens (tertiary/aromatic N) is 1. The molecule has 0 bridgehead atoms. The molecule has 12 heavy (non-hydrogen) atoms. The van der Waals surface area contributed by atoms with E-state index in [0.29, 0.717) is 0 Å². The van der Waals surface area contributed by atoms with Gasteiger partial charge >= 0.3 is 0 Å². The highest BCUT2D eigenvalue weighted by Gasteiger charge is 2.09. The number of unbranched alkanes of at least 4 members (excludes halogenated alkanes) is 4. The third-order valence-electron chi connectivity index (χ3n) is 2.78. The van der Waals surface area contributed by atoms with Crippen molar-refractivity contribution < 1.29 is 0 Å². The molecule has 1 fully saturated rings. The first-order valence-electron chi connectivity index (χ1n) is 5.66. The average molecular weight is 169 g/mol. The topological polar surface area (TPSA) is 3.24 Å². The van der Waals surface area contributed by atoms with E-state index in [4.69, 9.17) is 0 Å². The van der Waals surface area contributed by atoms with Crippen LogP contribution in [0.25, 0.3) is 0 Å². The lowest BCUT2D eigenvalue weighted by Crippen LogP contribution is -2.20. The van der Waals surface area contributed by atoms with Gasteiger partial charge in [0.25, 0.3) is 0 Å². The summed E-state index contributed by atoms with van der Waals surface area (Å²) in [6.07, 6.45) is 10.0. The Balaban J connectivity index is 1.81. The van der Waals surface area contributed by atoms with E-state index < -0.39 is 0 Å². The number of hydrogen-bond donors (Lipinski definition) is 0. The summed E-state index contributed by atoms with van der Waals surface area (Å²) in [4.78, 5) is 2.62. The molecule has 0 aliphatic carbocycles. The molecule has 1 heterocycles. The van der Waals surface area contributed by atoms with Crippen LogP contribution in [0.1, 0.15) is 51.9 Å². The molecule has 0 N–H and O–H groups in total. The van der Waals surface area contributed by atoms with Crippen LogP contribution >= 0.6 is 0 Å². The highest BCUT2D eigenvalue weighted by Crippen LogP contribution is 2.09. The van der Waals surface area contributed by atoms with E-state index in [1.807, 2.05) is 0 Å². The molecule has 0 aromatic rings. The Bertz CT molecular complexity index is 95.2. The highest BCUT2D eigenvalue weighted by atomic mass is 15.1. The first kappa shape index (κ1) is 10.0. The number of likely N-dealkylation sites (tertiary alicyclic amines) is 1. The minimum Gasteiger partial charge on any atom is -0.303 e. The van der Waals surface area contributed by atoms with Crippen molar-refractivity contribution in [3.8, 4) is 0 Å². The molecule has 0 unspecified atom stereocenters. The fraction of sp³-hybridized carbons (Fsp3) is 1.00. The Morgan fingerprint density at radius 3 is 2.25 bits per heavy atom. The van der Waals surface area contributed by atoms with Crippen molar-refractivity contribution in [2.24, 2.45) is 0 Å². The van der Waals surface area contributed by atoms with Crippen LogP contribution in [0, 0.1) is 0 Å². The summed E-state index contributed by atoms with van der Waals surface area (Å²) in [6.45, 7) is 6.38. The smallest absolute Gasteiger partial charge is 0.00183 e. The van der Waals surface area contributed by atoms with Crippen molar-refractivity contribution in [3.63, 3.8) is 0 Å². The molecular formula is C11H23N. The van der Waals surface area contributed by atoms with Gasteiger partial charge < -0.3 is 4.90 Å². The standard InChI is InChI=1S/C11H23N/c1-2-3-4-5-6-9-12-10-7-8-11-12/h2-11H2,1H3. The van der Waals surface area contributed by atoms with Crippen molar-refractivity contribution in [2.45, 2.75) is 51.9 Å². The Labute approximate surface area is 77.1 Å². The van der Waals surface area contributed by atoms with Gasteiger partial charge in [0.15, 0.2) is 0 Å². The van der Waals surface area contributed by atoms with Crippen LogP contribution in [0.5, 0.6) is 0 Å². The minimum absolute atomic E-state index is 1.36. The second-order valence-corrected chi connectivity index (χ2v) is 3.96. The fourth-order valence-corrected chi connectivity index (χ4v) is 1.95. The maximum absolute atomic E-state index is 2.62. The lowest BCUT2D eigenvalue weighted by atomic mass is 10.1. The van der Waals surface area contributed by atoms with Crippen LogP contribution in [0.2, 0.25) is 0 Å². The molecule has 1 rings (SSSR count). The first-order chi connectivity index (χ1) is 5.93. The van der Waals surface area contributed by atoms with Gasteiger partial charge in [-0.2, -0.15) is 0 Å². The van der Waals surface area contributed by atoms with E-state index in [1.165, 1.54) is 64.6 Å². The number of rotatable bonds is 6. The Morgan fingerprint density at radius 1 is 0.917 bits per heavy atom. The quantitative estimate of drug-likeness (QED) is 0.552. The normalized spacial score (nSPS) is 18.8. The van der Waals surface area contributed by atoms with Gasteiger partial charge in [0.05, 0.1) is 0 Å². The second kappa shape index (κ2) is 6.47. The van der Waals surface area contributed by atoms with Gasteiger partial charge in [-0.3, -0.25) is 0 Å². The number of hydrogen-bond acceptors (Lipinski definition) is 1. The molecule has 1 saturated heterocycles. The van der Waals surface area contributed by atoms with Gasteiger partial charge in [0.2, 0.25) is 0 Å². The van der Waals surface area contributed by atoms with Gasteiger partial charge in [-0.15, -0.1) is 0 Å². The van der Waals surface area contributed by atoms with Crippen LogP contribution in [0.3, 0.4) is 0 Å². The van der Waals surface area contributed by atoms with Crippen molar-refractivity contribution in [1.29, 1.82) is 0 Å². The predicted molar refractivity (Wildman–Crippen MR) is 54.4 cm³/mol. The van der Waals surface area contributed by atoms with E-state index in [9.17, 15) is 0 Å². The van der Waals surface area contributed by atoms with Gasteiger partial charge in [-0.25, -0.2) is 0 Å². The maximum atomic E-state index is 2.62. The van der Waals surface area contributed by atoms with E-state index in [0.717, 1.165) is 0 Å². The van der Waals surface area contributed by atoms with Crippen molar-refractivity contribution in [3.05, 3.63) is 0 Å². The first-order valence-corrected chi connectivity index (χ1v) is 5.66. The fourth-order valence-electron chi connectivity index (χ4n) is 1.95. The molecule has 0 spiro atoms. The SMILES string of the molecule is CCCCCCCN1CCCC1. The van der Waals surface area contributed by atoms with E-state index in [2.05, 4.69) is 11.8 Å². The van der Waals surface area contributed by atoms with E-state index >= 15 is 0 Å². The zero-order valence-electron chi connectivity index (χ0n) is 8.52. The molecule has 0 amide bonds. The zero-order valence-corrected chi connectivity index (χ0v) is 8.52. The molecule has 1 heteroatoms. The molecule has 1 aliphatic heterocycles. The summed E-state index contributed by atoms with van der Waals surface area (Å²) in [5.41, 5.74) is 0. The summed E-state index contributed by atoms with van der Waals surface area (Å²) < 4.78 is 0. The van der Waals surface area contributed by atoms with Gasteiger partial charge in [-0.05, 0) is 38.9 Å². The van der Waals surface area contributed by atoms with Crippen LogP contribution < -0.4 is 0 Å². The van der Waals surface area contributed by atoms with Crippen LogP contribution in [0.4, 0.5) is 0 Å². The van der Waals surface area contributed by atoms with Crippen LogP contribution in [-0.2, 0) is 0 Å². The van der Waals surface area contributed by atoms with Gasteiger partial charge in [0, 0.05) is 0 Å². The van der Waals surface area contributed by atoms with Gasteiger partial charge in [-0.1, -0.05) is 32.6 Å². The summed E-state index contributed by atoms with van der Waals surface area (Å²) >= 11 is 0. The highest BCUT2D eigenvalue weighted by molar-refractivity contribution is 4.65. The third-order valence-corrected chi connectivity index (χ3v) is 2.78. The molecule has 1 aliphatic rings. The largest absolute Gasteiger partial charge is 0.303 e. The molecular weight excluding hydrogens is 146 g/mol. The van der Waals surface area contributed by atoms with Crippen LogP contribution in [-0.4, -0.2) is 24.5 Å². The second-order valence-electron chi connectivity index (χ2n) is 3.96. The summed E-state index contributed by atoms with van der Waals surface area (Å²) in [5, 5.41) is 0. The molecule has 0 atom stereocenters. The molecule has 0 radical (unpaired) electrons. The van der Waals surface area contributed by atoms with E-state index in [1.54, 1.807) is 0 Å². The van der Waals surface area contributed by atoms with Crippen molar-refractivity contribution >= 4 is 0 Å². The Kier molecular flexibility index (Phi) is 5.42. The summed E-state index contributed by atoms with van der Waals surface area (Å²) in [5.74, 6) is 0. The molecule has 0 aromatic carbocycles. The maximum Gasteiger partial charge on any atom is -0.00183 e. The summed E-state index contributed by atoms with van der Waals surface area (Å²) in [7, 11) is 0. The lowest BCUT2D eigenvalue weighted by molar-refractivity contribution is 0.328. The molecule has 1 nitrogen and oxygen atoms in total. The van der Waals surface area contributed by atoms with Crippen molar-refractivity contribution in [1.82, 2.24) is 4.90 Å². The lowest BCUT2D eigenvalue weighted by Gasteiger charge is -2.13. The average Bonchev–Trinajstić information content (AvgIpc) is 2.57. The molecule has 0 aromatic heterocycles. The third kappa shape index (κ3) is 4.10. The molecule has 72 valence electrons. The minimum atomic E-state index is 1.36. The van der Waals surface area contributed by atoms with Gasteiger partial charge in [0.1, 0.15) is 0 Å². The van der Waals surface area contributed by atoms with Crippen molar-refractivity contribution in [2.75, 3.05) is 19.6 Å². The van der Waals surface area contributed by atoms with Crippen LogP contribution in [0.15, 0.2) is 0 Å². The zero-order chi connectivity index (χ0) is 8.65.